The van der Waals surface area contributed by atoms with E-state index in [1.54, 1.807) is 0 Å². The van der Waals surface area contributed by atoms with Gasteiger partial charge in [-0.1, -0.05) is 44.2 Å². The lowest BCUT2D eigenvalue weighted by atomic mass is 9.99. The smallest absolute Gasteiger partial charge is 0.242 e. The number of carbonyl (C=O) groups is 1. The van der Waals surface area contributed by atoms with Crippen LogP contribution in [-0.4, -0.2) is 30.7 Å². The molecule has 1 unspecified atom stereocenters. The summed E-state index contributed by atoms with van der Waals surface area (Å²) in [6.45, 7) is 5.79. The van der Waals surface area contributed by atoms with Gasteiger partial charge in [-0.15, -0.1) is 0 Å². The molecule has 5 N–H and O–H groups in total. The molecule has 1 aliphatic rings. The van der Waals surface area contributed by atoms with Gasteiger partial charge < -0.3 is 26.2 Å². The van der Waals surface area contributed by atoms with Crippen molar-refractivity contribution in [2.24, 2.45) is 11.7 Å². The van der Waals surface area contributed by atoms with Crippen molar-refractivity contribution in [3.63, 3.8) is 0 Å². The minimum Gasteiger partial charge on any atom is -0.489 e. The maximum absolute atomic E-state index is 12.3. The summed E-state index contributed by atoms with van der Waals surface area (Å²) in [5, 5.41) is 13.4. The highest BCUT2D eigenvalue weighted by Crippen LogP contribution is 2.26. The van der Waals surface area contributed by atoms with E-state index < -0.39 is 0 Å². The van der Waals surface area contributed by atoms with Gasteiger partial charge in [-0.05, 0) is 35.1 Å². The van der Waals surface area contributed by atoms with Crippen molar-refractivity contribution in [3.8, 4) is 5.75 Å². The van der Waals surface area contributed by atoms with Crippen molar-refractivity contribution in [3.05, 3.63) is 59.2 Å². The van der Waals surface area contributed by atoms with Gasteiger partial charge in [-0.3, -0.25) is 4.79 Å². The summed E-state index contributed by atoms with van der Waals surface area (Å²) in [6.07, 6.45) is 0.805. The summed E-state index contributed by atoms with van der Waals surface area (Å²) < 4.78 is 5.95. The Morgan fingerprint density at radius 2 is 1.82 bits per heavy atom. The lowest BCUT2D eigenvalue weighted by molar-refractivity contribution is -0.122. The first-order chi connectivity index (χ1) is 13.6. The molecule has 1 heterocycles. The predicted molar refractivity (Wildman–Crippen MR) is 112 cm³/mol. The Kier molecular flexibility index (Phi) is 8.29. The third-order valence-corrected chi connectivity index (χ3v) is 4.70. The molecule has 0 radical (unpaired) electrons. The van der Waals surface area contributed by atoms with Crippen LogP contribution in [0.3, 0.4) is 0 Å². The Morgan fingerprint density at radius 1 is 1.14 bits per heavy atom. The second kappa shape index (κ2) is 10.7. The quantitative estimate of drug-likeness (QED) is 0.634. The zero-order valence-electron chi connectivity index (χ0n) is 16.9. The number of aliphatic hydroxyl groups is 1. The number of nitrogens with two attached hydrogens (primary N) is 1. The number of nitrogens with one attached hydrogen (secondary N) is 2. The van der Waals surface area contributed by atoms with E-state index in [0.29, 0.717) is 19.7 Å². The lowest BCUT2D eigenvalue weighted by Crippen LogP contribution is -2.45. The number of anilines is 1. The van der Waals surface area contributed by atoms with E-state index in [1.165, 1.54) is 5.56 Å². The van der Waals surface area contributed by atoms with Crippen molar-refractivity contribution in [1.82, 2.24) is 5.32 Å². The predicted octanol–water partition coefficient (Wildman–Crippen LogP) is 2.44. The van der Waals surface area contributed by atoms with E-state index in [-0.39, 0.29) is 17.9 Å². The molecule has 1 amide bonds. The van der Waals surface area contributed by atoms with Crippen molar-refractivity contribution in [1.29, 1.82) is 0 Å². The first-order valence-electron chi connectivity index (χ1n) is 9.59. The Labute approximate surface area is 167 Å². The fourth-order valence-corrected chi connectivity index (χ4v) is 3.07. The van der Waals surface area contributed by atoms with Gasteiger partial charge in [0.1, 0.15) is 18.4 Å². The molecule has 0 aromatic heterocycles. The van der Waals surface area contributed by atoms with Crippen LogP contribution in [0, 0.1) is 5.92 Å². The van der Waals surface area contributed by atoms with Gasteiger partial charge in [0.05, 0.1) is 0 Å². The topological polar surface area (TPSA) is 96.6 Å². The van der Waals surface area contributed by atoms with E-state index in [0.717, 1.165) is 36.1 Å². The molecular weight excluding hydrogens is 354 g/mol. The van der Waals surface area contributed by atoms with Crippen LogP contribution in [0.4, 0.5) is 5.69 Å². The zero-order valence-corrected chi connectivity index (χ0v) is 16.9. The molecule has 0 aliphatic carbocycles. The molecule has 0 saturated heterocycles. The number of carbonyl (C=O) groups excluding carboxylic acids is 1. The number of amides is 1. The van der Waals surface area contributed by atoms with Gasteiger partial charge in [-0.25, -0.2) is 0 Å². The SMILES string of the molecule is CC(C)C1Nc2cc(OCc3ccc(CN)cc3)ccc2CCNC1=O.CO. The molecule has 1 aliphatic heterocycles. The van der Waals surface area contributed by atoms with Gasteiger partial charge >= 0.3 is 0 Å². The van der Waals surface area contributed by atoms with Crippen LogP contribution >= 0.6 is 0 Å². The second-order valence-electron chi connectivity index (χ2n) is 7.04. The number of fused-ring (bicyclic) bond motifs is 1. The lowest BCUT2D eigenvalue weighted by Gasteiger charge is -2.27. The molecule has 0 fully saturated rings. The van der Waals surface area contributed by atoms with Crippen molar-refractivity contribution in [2.75, 3.05) is 19.0 Å². The van der Waals surface area contributed by atoms with Gasteiger partial charge in [0, 0.05) is 32.0 Å². The van der Waals surface area contributed by atoms with E-state index in [2.05, 4.69) is 16.7 Å². The van der Waals surface area contributed by atoms with Crippen LogP contribution in [0.2, 0.25) is 0 Å². The number of aliphatic hydroxyl groups excluding tert-OH is 1. The largest absolute Gasteiger partial charge is 0.489 e. The maximum atomic E-state index is 12.3. The zero-order chi connectivity index (χ0) is 20.5. The third kappa shape index (κ3) is 5.71. The molecule has 28 heavy (non-hydrogen) atoms. The van der Waals surface area contributed by atoms with Gasteiger partial charge in [-0.2, -0.15) is 0 Å². The van der Waals surface area contributed by atoms with E-state index in [1.807, 2.05) is 50.2 Å². The normalized spacial score (nSPS) is 15.9. The number of ether oxygens (including phenoxy) is 1. The minimum absolute atomic E-state index is 0.0527. The van der Waals surface area contributed by atoms with Crippen molar-refractivity contribution in [2.45, 2.75) is 39.5 Å². The van der Waals surface area contributed by atoms with Gasteiger partial charge in [0.15, 0.2) is 0 Å². The molecule has 0 saturated carbocycles. The molecule has 6 nitrogen and oxygen atoms in total. The van der Waals surface area contributed by atoms with Gasteiger partial charge in [0.25, 0.3) is 0 Å². The van der Waals surface area contributed by atoms with E-state index >= 15 is 0 Å². The maximum Gasteiger partial charge on any atom is 0.242 e. The van der Waals surface area contributed by atoms with E-state index in [9.17, 15) is 4.79 Å². The van der Waals surface area contributed by atoms with Crippen molar-refractivity contribution >= 4 is 11.6 Å². The number of hydrogen-bond acceptors (Lipinski definition) is 5. The summed E-state index contributed by atoms with van der Waals surface area (Å²) in [6, 6.07) is 13.9. The molecule has 0 bridgehead atoms. The molecule has 152 valence electrons. The third-order valence-electron chi connectivity index (χ3n) is 4.70. The molecule has 2 aromatic carbocycles. The Balaban J connectivity index is 0.00000136. The summed E-state index contributed by atoms with van der Waals surface area (Å²) in [7, 11) is 1.00. The molecular formula is C22H31N3O3. The summed E-state index contributed by atoms with van der Waals surface area (Å²) >= 11 is 0. The number of hydrogen-bond donors (Lipinski definition) is 4. The highest BCUT2D eigenvalue weighted by molar-refractivity contribution is 5.85. The first kappa shape index (κ1) is 21.7. The Bertz CT molecular complexity index is 760. The van der Waals surface area contributed by atoms with Crippen LogP contribution in [0.5, 0.6) is 5.75 Å². The van der Waals surface area contributed by atoms with Gasteiger partial charge in [0.2, 0.25) is 5.91 Å². The second-order valence-corrected chi connectivity index (χ2v) is 7.04. The summed E-state index contributed by atoms with van der Waals surface area (Å²) in [5.74, 6) is 1.05. The monoisotopic (exact) mass is 385 g/mol. The Hall–Kier alpha value is -2.57. The fourth-order valence-electron chi connectivity index (χ4n) is 3.07. The highest BCUT2D eigenvalue weighted by Gasteiger charge is 2.24. The molecule has 0 spiro atoms. The molecule has 3 rings (SSSR count). The van der Waals surface area contributed by atoms with Crippen LogP contribution in [0.25, 0.3) is 0 Å². The van der Waals surface area contributed by atoms with E-state index in [4.69, 9.17) is 15.6 Å². The average molecular weight is 386 g/mol. The van der Waals surface area contributed by atoms with Crippen LogP contribution in [-0.2, 0) is 24.4 Å². The molecule has 1 atom stereocenters. The number of benzene rings is 2. The first-order valence-corrected chi connectivity index (χ1v) is 9.59. The highest BCUT2D eigenvalue weighted by atomic mass is 16.5. The average Bonchev–Trinajstić information content (AvgIpc) is 2.71. The molecule has 2 aromatic rings. The standard InChI is InChI=1S/C21H27N3O2.CH4O/c1-14(2)20-21(25)23-10-9-17-7-8-18(11-19(17)24-20)26-13-16-5-3-15(12-22)4-6-16;1-2/h3-8,11,14,20,24H,9-10,12-13,22H2,1-2H3,(H,23,25);2H,1H3. The van der Waals surface area contributed by atoms with Crippen LogP contribution in [0.15, 0.2) is 42.5 Å². The van der Waals surface area contributed by atoms with Crippen molar-refractivity contribution < 1.29 is 14.6 Å². The summed E-state index contributed by atoms with van der Waals surface area (Å²) in [5.41, 5.74) is 10.0. The molecule has 6 heteroatoms. The fraction of sp³-hybridized carbons (Fsp3) is 0.409. The minimum atomic E-state index is -0.242. The van der Waals surface area contributed by atoms with Crippen LogP contribution < -0.4 is 21.1 Å². The Morgan fingerprint density at radius 3 is 2.46 bits per heavy atom. The van der Waals surface area contributed by atoms with Crippen LogP contribution in [0.1, 0.15) is 30.5 Å². The summed E-state index contributed by atoms with van der Waals surface area (Å²) in [4.78, 5) is 12.3. The number of rotatable bonds is 5.